The van der Waals surface area contributed by atoms with Crippen molar-refractivity contribution in [2.45, 2.75) is 51.7 Å². The molecular formula is C15H28N4O2. The fourth-order valence-corrected chi connectivity index (χ4v) is 2.60. The predicted molar refractivity (Wildman–Crippen MR) is 81.2 cm³/mol. The number of ether oxygens (including phenoxy) is 1. The van der Waals surface area contributed by atoms with Gasteiger partial charge in [0.15, 0.2) is 0 Å². The number of nitrogens with zero attached hydrogens (tertiary/aromatic N) is 3. The summed E-state index contributed by atoms with van der Waals surface area (Å²) >= 11 is 0. The molecule has 2 heterocycles. The molecule has 0 radical (unpaired) electrons. The summed E-state index contributed by atoms with van der Waals surface area (Å²) in [5.74, 6) is 1.39. The van der Waals surface area contributed by atoms with Gasteiger partial charge in [0.2, 0.25) is 11.7 Å². The van der Waals surface area contributed by atoms with E-state index in [1.165, 1.54) is 0 Å². The van der Waals surface area contributed by atoms with E-state index >= 15 is 0 Å². The van der Waals surface area contributed by atoms with Crippen LogP contribution < -0.4 is 5.32 Å². The maximum absolute atomic E-state index is 5.72. The van der Waals surface area contributed by atoms with E-state index in [4.69, 9.17) is 9.26 Å². The largest absolute Gasteiger partial charge is 0.367 e. The standard InChI is InChI=1S/C15H28N4O2/c1-4-6-12(16-7-5-2)10-14-17-15(18-21-14)13-11-19(3)8-9-20-13/h12-13,16H,4-11H2,1-3H3. The Morgan fingerprint density at radius 3 is 2.95 bits per heavy atom. The first-order valence-corrected chi connectivity index (χ1v) is 8.08. The molecule has 1 fully saturated rings. The third-order valence-electron chi connectivity index (χ3n) is 3.78. The molecule has 1 aromatic rings. The molecule has 1 aromatic heterocycles. The van der Waals surface area contributed by atoms with Crippen LogP contribution in [0.15, 0.2) is 4.52 Å². The normalized spacial score (nSPS) is 21.6. The van der Waals surface area contributed by atoms with Gasteiger partial charge >= 0.3 is 0 Å². The Bertz CT molecular complexity index is 410. The fraction of sp³-hybridized carbons (Fsp3) is 0.867. The van der Waals surface area contributed by atoms with E-state index in [1.807, 2.05) is 0 Å². The number of hydrogen-bond acceptors (Lipinski definition) is 6. The van der Waals surface area contributed by atoms with E-state index in [-0.39, 0.29) is 6.10 Å². The van der Waals surface area contributed by atoms with E-state index in [0.717, 1.165) is 51.9 Å². The molecule has 6 heteroatoms. The van der Waals surface area contributed by atoms with Crippen LogP contribution in [0.3, 0.4) is 0 Å². The van der Waals surface area contributed by atoms with Crippen LogP contribution in [0.2, 0.25) is 0 Å². The summed E-state index contributed by atoms with van der Waals surface area (Å²) in [5.41, 5.74) is 0. The summed E-state index contributed by atoms with van der Waals surface area (Å²) in [6, 6.07) is 0.415. The van der Waals surface area contributed by atoms with Crippen molar-refractivity contribution < 1.29 is 9.26 Å². The number of aromatic nitrogens is 2. The molecule has 1 N–H and O–H groups in total. The Balaban J connectivity index is 1.91. The van der Waals surface area contributed by atoms with Gasteiger partial charge in [0.05, 0.1) is 6.61 Å². The van der Waals surface area contributed by atoms with E-state index in [1.54, 1.807) is 0 Å². The molecule has 120 valence electrons. The summed E-state index contributed by atoms with van der Waals surface area (Å²) in [4.78, 5) is 6.76. The Labute approximate surface area is 127 Å². The molecule has 6 nitrogen and oxygen atoms in total. The minimum Gasteiger partial charge on any atom is -0.367 e. The van der Waals surface area contributed by atoms with Crippen molar-refractivity contribution in [2.75, 3.05) is 33.3 Å². The van der Waals surface area contributed by atoms with Crippen LogP contribution in [0.1, 0.15) is 50.9 Å². The van der Waals surface area contributed by atoms with Crippen molar-refractivity contribution in [3.63, 3.8) is 0 Å². The fourth-order valence-electron chi connectivity index (χ4n) is 2.60. The first-order valence-electron chi connectivity index (χ1n) is 8.08. The van der Waals surface area contributed by atoms with Gasteiger partial charge < -0.3 is 19.5 Å². The lowest BCUT2D eigenvalue weighted by molar-refractivity contribution is -0.0264. The number of hydrogen-bond donors (Lipinski definition) is 1. The average molecular weight is 296 g/mol. The second-order valence-electron chi connectivity index (χ2n) is 5.81. The van der Waals surface area contributed by atoms with Crippen LogP contribution in [-0.2, 0) is 11.2 Å². The molecule has 21 heavy (non-hydrogen) atoms. The van der Waals surface area contributed by atoms with E-state index in [2.05, 4.69) is 41.3 Å². The Hall–Kier alpha value is -0.980. The minimum atomic E-state index is -0.0607. The van der Waals surface area contributed by atoms with Crippen LogP contribution in [0, 0.1) is 0 Å². The van der Waals surface area contributed by atoms with E-state index < -0.39 is 0 Å². The van der Waals surface area contributed by atoms with Gasteiger partial charge in [-0.05, 0) is 26.4 Å². The Morgan fingerprint density at radius 1 is 1.38 bits per heavy atom. The molecule has 2 unspecified atom stereocenters. The molecule has 0 saturated carbocycles. The molecule has 0 aromatic carbocycles. The number of nitrogens with one attached hydrogen (secondary N) is 1. The monoisotopic (exact) mass is 296 g/mol. The highest BCUT2D eigenvalue weighted by Crippen LogP contribution is 2.19. The quantitative estimate of drug-likeness (QED) is 0.789. The molecule has 1 saturated heterocycles. The number of rotatable bonds is 8. The smallest absolute Gasteiger partial charge is 0.228 e. The number of likely N-dealkylation sites (N-methyl/N-ethyl adjacent to an activating group) is 1. The van der Waals surface area contributed by atoms with Crippen LogP contribution >= 0.6 is 0 Å². The summed E-state index contributed by atoms with van der Waals surface area (Å²) < 4.78 is 11.1. The molecule has 2 atom stereocenters. The van der Waals surface area contributed by atoms with Crippen molar-refractivity contribution in [1.29, 1.82) is 0 Å². The molecule has 1 aliphatic rings. The zero-order valence-electron chi connectivity index (χ0n) is 13.5. The topological polar surface area (TPSA) is 63.4 Å². The van der Waals surface area contributed by atoms with Crippen molar-refractivity contribution in [1.82, 2.24) is 20.4 Å². The third kappa shape index (κ3) is 5.05. The zero-order valence-corrected chi connectivity index (χ0v) is 13.5. The molecule has 0 aliphatic carbocycles. The summed E-state index contributed by atoms with van der Waals surface area (Å²) in [7, 11) is 2.09. The van der Waals surface area contributed by atoms with Crippen LogP contribution in [0.5, 0.6) is 0 Å². The molecule has 0 spiro atoms. The average Bonchev–Trinajstić information content (AvgIpc) is 2.93. The Kier molecular flexibility index (Phi) is 6.60. The molecule has 2 rings (SSSR count). The lowest BCUT2D eigenvalue weighted by Gasteiger charge is -2.27. The van der Waals surface area contributed by atoms with Gasteiger partial charge in [-0.2, -0.15) is 4.98 Å². The van der Waals surface area contributed by atoms with Gasteiger partial charge in [-0.15, -0.1) is 0 Å². The highest BCUT2D eigenvalue weighted by Gasteiger charge is 2.25. The van der Waals surface area contributed by atoms with Crippen molar-refractivity contribution in [3.05, 3.63) is 11.7 Å². The van der Waals surface area contributed by atoms with Gasteiger partial charge in [0, 0.05) is 25.6 Å². The third-order valence-corrected chi connectivity index (χ3v) is 3.78. The van der Waals surface area contributed by atoms with E-state index in [0.29, 0.717) is 17.8 Å². The van der Waals surface area contributed by atoms with Gasteiger partial charge in [-0.25, -0.2) is 0 Å². The van der Waals surface area contributed by atoms with Crippen molar-refractivity contribution in [2.24, 2.45) is 0 Å². The van der Waals surface area contributed by atoms with Crippen LogP contribution in [0.4, 0.5) is 0 Å². The van der Waals surface area contributed by atoms with E-state index in [9.17, 15) is 0 Å². The Morgan fingerprint density at radius 2 is 2.24 bits per heavy atom. The molecular weight excluding hydrogens is 268 g/mol. The zero-order chi connectivity index (χ0) is 15.1. The van der Waals surface area contributed by atoms with Crippen molar-refractivity contribution in [3.8, 4) is 0 Å². The summed E-state index contributed by atoms with van der Waals surface area (Å²) in [6.45, 7) is 7.92. The van der Waals surface area contributed by atoms with Gasteiger partial charge in [0.25, 0.3) is 0 Å². The predicted octanol–water partition coefficient (Wildman–Crippen LogP) is 1.78. The highest BCUT2D eigenvalue weighted by atomic mass is 16.5. The second kappa shape index (κ2) is 8.46. The molecule has 0 amide bonds. The summed E-state index contributed by atoms with van der Waals surface area (Å²) in [6.07, 6.45) is 4.15. The first-order chi connectivity index (χ1) is 10.2. The van der Waals surface area contributed by atoms with Gasteiger partial charge in [-0.3, -0.25) is 0 Å². The lowest BCUT2D eigenvalue weighted by Crippen LogP contribution is -2.35. The lowest BCUT2D eigenvalue weighted by atomic mass is 10.1. The van der Waals surface area contributed by atoms with Gasteiger partial charge in [0.1, 0.15) is 6.10 Å². The second-order valence-corrected chi connectivity index (χ2v) is 5.81. The molecule has 1 aliphatic heterocycles. The van der Waals surface area contributed by atoms with Crippen LogP contribution in [0.25, 0.3) is 0 Å². The highest BCUT2D eigenvalue weighted by molar-refractivity contribution is 4.95. The molecule has 0 bridgehead atoms. The maximum Gasteiger partial charge on any atom is 0.228 e. The number of morpholine rings is 1. The first kappa shape index (κ1) is 16.4. The summed E-state index contributed by atoms with van der Waals surface area (Å²) in [5, 5.41) is 7.65. The van der Waals surface area contributed by atoms with Crippen molar-refractivity contribution >= 4 is 0 Å². The SMILES string of the molecule is CCCNC(CCC)Cc1nc(C2CN(C)CCO2)no1. The van der Waals surface area contributed by atoms with Gasteiger partial charge in [-0.1, -0.05) is 25.4 Å². The maximum atomic E-state index is 5.72. The van der Waals surface area contributed by atoms with Crippen LogP contribution in [-0.4, -0.2) is 54.4 Å². The minimum absolute atomic E-state index is 0.0607.